The van der Waals surface area contributed by atoms with Crippen molar-refractivity contribution in [2.75, 3.05) is 12.8 Å². The van der Waals surface area contributed by atoms with E-state index in [1.165, 1.54) is 24.7 Å². The molecule has 1 aliphatic rings. The number of rotatable bonds is 4. The first-order valence-electron chi connectivity index (χ1n) is 5.49. The van der Waals surface area contributed by atoms with E-state index >= 15 is 0 Å². The lowest BCUT2D eigenvalue weighted by molar-refractivity contribution is 0.434. The second-order valence-corrected chi connectivity index (χ2v) is 7.21. The number of hydrogen-bond donors (Lipinski definition) is 1. The molecular weight excluding hydrogens is 242 g/mol. The van der Waals surface area contributed by atoms with Gasteiger partial charge in [0.15, 0.2) is 0 Å². The van der Waals surface area contributed by atoms with E-state index in [4.69, 9.17) is 0 Å². The Morgan fingerprint density at radius 1 is 1.44 bits per heavy atom. The molecule has 1 aromatic rings. The topological polar surface area (TPSA) is 46.2 Å². The van der Waals surface area contributed by atoms with Gasteiger partial charge in [0.05, 0.1) is 6.26 Å². The van der Waals surface area contributed by atoms with Crippen LogP contribution in [-0.2, 0) is 15.4 Å². The van der Waals surface area contributed by atoms with Crippen molar-refractivity contribution in [1.82, 2.24) is 4.72 Å². The highest BCUT2D eigenvalue weighted by atomic mass is 32.2. The minimum atomic E-state index is -3.09. The second-order valence-electron chi connectivity index (χ2n) is 4.59. The maximum Gasteiger partial charge on any atom is 0.208 e. The zero-order valence-corrected chi connectivity index (χ0v) is 11.0. The summed E-state index contributed by atoms with van der Waals surface area (Å²) in [5, 5.41) is 4.21. The van der Waals surface area contributed by atoms with Crippen molar-refractivity contribution < 1.29 is 8.42 Å². The fourth-order valence-corrected chi connectivity index (χ4v) is 3.77. The first kappa shape index (κ1) is 12.1. The van der Waals surface area contributed by atoms with E-state index in [1.54, 1.807) is 11.3 Å². The Bertz CT molecular complexity index is 431. The third kappa shape index (κ3) is 2.64. The average molecular weight is 259 g/mol. The molecule has 2 rings (SSSR count). The van der Waals surface area contributed by atoms with E-state index < -0.39 is 10.0 Å². The maximum atomic E-state index is 11.2. The minimum absolute atomic E-state index is 0.0447. The molecule has 5 heteroatoms. The SMILES string of the molecule is CS(=O)(=O)NCC1(c2ccsc2)CCCC1. The molecule has 0 atom stereocenters. The summed E-state index contributed by atoms with van der Waals surface area (Å²) < 4.78 is 25.1. The van der Waals surface area contributed by atoms with Gasteiger partial charge in [-0.25, -0.2) is 13.1 Å². The van der Waals surface area contributed by atoms with Gasteiger partial charge in [0.1, 0.15) is 0 Å². The van der Waals surface area contributed by atoms with Crippen LogP contribution in [0, 0.1) is 0 Å². The van der Waals surface area contributed by atoms with Crippen LogP contribution < -0.4 is 4.72 Å². The molecule has 1 saturated carbocycles. The van der Waals surface area contributed by atoms with Crippen LogP contribution in [0.15, 0.2) is 16.8 Å². The van der Waals surface area contributed by atoms with Crippen molar-refractivity contribution in [3.63, 3.8) is 0 Å². The number of nitrogens with one attached hydrogen (secondary N) is 1. The molecule has 0 aromatic carbocycles. The summed E-state index contributed by atoms with van der Waals surface area (Å²) in [7, 11) is -3.09. The standard InChI is InChI=1S/C11H17NO2S2/c1-16(13,14)12-9-11(5-2-3-6-11)10-4-7-15-8-10/h4,7-8,12H,2-3,5-6,9H2,1H3. The molecule has 0 unspecified atom stereocenters. The third-order valence-corrected chi connectivity index (χ3v) is 4.72. The largest absolute Gasteiger partial charge is 0.215 e. The molecule has 1 fully saturated rings. The van der Waals surface area contributed by atoms with Gasteiger partial charge in [0.25, 0.3) is 0 Å². The van der Waals surface area contributed by atoms with Gasteiger partial charge in [-0.3, -0.25) is 0 Å². The lowest BCUT2D eigenvalue weighted by Gasteiger charge is -2.28. The van der Waals surface area contributed by atoms with Gasteiger partial charge in [0.2, 0.25) is 10.0 Å². The van der Waals surface area contributed by atoms with Crippen LogP contribution in [0.25, 0.3) is 0 Å². The van der Waals surface area contributed by atoms with Gasteiger partial charge in [-0.15, -0.1) is 0 Å². The van der Waals surface area contributed by atoms with Crippen LogP contribution in [0.5, 0.6) is 0 Å². The summed E-state index contributed by atoms with van der Waals surface area (Å²) in [6, 6.07) is 2.12. The molecule has 1 aromatic heterocycles. The highest BCUT2D eigenvalue weighted by Crippen LogP contribution is 2.41. The van der Waals surface area contributed by atoms with Crippen molar-refractivity contribution in [1.29, 1.82) is 0 Å². The fourth-order valence-electron chi connectivity index (χ4n) is 2.45. The fraction of sp³-hybridized carbons (Fsp3) is 0.636. The number of thiophene rings is 1. The monoisotopic (exact) mass is 259 g/mol. The summed E-state index contributed by atoms with van der Waals surface area (Å²) in [6.07, 6.45) is 5.80. The summed E-state index contributed by atoms with van der Waals surface area (Å²) in [5.41, 5.74) is 1.34. The van der Waals surface area contributed by atoms with Crippen molar-refractivity contribution in [2.24, 2.45) is 0 Å². The average Bonchev–Trinajstić information content (AvgIpc) is 2.86. The van der Waals surface area contributed by atoms with Crippen LogP contribution in [0.4, 0.5) is 0 Å². The van der Waals surface area contributed by atoms with Crippen LogP contribution in [0.1, 0.15) is 31.2 Å². The second kappa shape index (κ2) is 4.47. The molecule has 16 heavy (non-hydrogen) atoms. The Kier molecular flexibility index (Phi) is 3.37. The Labute approximate surface area is 101 Å². The van der Waals surface area contributed by atoms with E-state index in [0.29, 0.717) is 6.54 Å². The summed E-state index contributed by atoms with van der Waals surface area (Å²) >= 11 is 1.68. The van der Waals surface area contributed by atoms with Gasteiger partial charge in [0, 0.05) is 12.0 Å². The molecule has 1 N–H and O–H groups in total. The van der Waals surface area contributed by atoms with E-state index in [2.05, 4.69) is 21.5 Å². The Balaban J connectivity index is 2.17. The van der Waals surface area contributed by atoms with Crippen LogP contribution >= 0.6 is 11.3 Å². The van der Waals surface area contributed by atoms with E-state index in [0.717, 1.165) is 12.8 Å². The lowest BCUT2D eigenvalue weighted by atomic mass is 9.81. The highest BCUT2D eigenvalue weighted by Gasteiger charge is 2.36. The van der Waals surface area contributed by atoms with Crippen molar-refractivity contribution >= 4 is 21.4 Å². The van der Waals surface area contributed by atoms with Crippen LogP contribution in [-0.4, -0.2) is 21.2 Å². The Hall–Kier alpha value is -0.390. The predicted octanol–water partition coefficient (Wildman–Crippen LogP) is 2.11. The molecular formula is C11H17NO2S2. The molecule has 3 nitrogen and oxygen atoms in total. The van der Waals surface area contributed by atoms with Gasteiger partial charge in [-0.05, 0) is 35.2 Å². The molecule has 0 spiro atoms. The molecule has 0 saturated heterocycles. The zero-order chi connectivity index (χ0) is 11.6. The predicted molar refractivity (Wildman–Crippen MR) is 67.3 cm³/mol. The third-order valence-electron chi connectivity index (χ3n) is 3.37. The molecule has 1 aliphatic carbocycles. The number of hydrogen-bond acceptors (Lipinski definition) is 3. The lowest BCUT2D eigenvalue weighted by Crippen LogP contribution is -2.38. The highest BCUT2D eigenvalue weighted by molar-refractivity contribution is 7.88. The van der Waals surface area contributed by atoms with E-state index in [-0.39, 0.29) is 5.41 Å². The molecule has 0 bridgehead atoms. The molecule has 0 amide bonds. The summed E-state index contributed by atoms with van der Waals surface area (Å²) in [6.45, 7) is 0.544. The normalized spacial score (nSPS) is 20.1. The number of sulfonamides is 1. The summed E-state index contributed by atoms with van der Waals surface area (Å²) in [4.78, 5) is 0. The summed E-state index contributed by atoms with van der Waals surface area (Å²) in [5.74, 6) is 0. The van der Waals surface area contributed by atoms with Gasteiger partial charge >= 0.3 is 0 Å². The smallest absolute Gasteiger partial charge is 0.208 e. The zero-order valence-electron chi connectivity index (χ0n) is 9.40. The maximum absolute atomic E-state index is 11.2. The van der Waals surface area contributed by atoms with E-state index in [9.17, 15) is 8.42 Å². The quantitative estimate of drug-likeness (QED) is 0.900. The van der Waals surface area contributed by atoms with Gasteiger partial charge in [-0.1, -0.05) is 12.8 Å². The Morgan fingerprint density at radius 3 is 2.62 bits per heavy atom. The first-order chi connectivity index (χ1) is 7.52. The van der Waals surface area contributed by atoms with Crippen molar-refractivity contribution in [3.05, 3.63) is 22.4 Å². The molecule has 90 valence electrons. The molecule has 0 aliphatic heterocycles. The Morgan fingerprint density at radius 2 is 2.12 bits per heavy atom. The van der Waals surface area contributed by atoms with Crippen molar-refractivity contribution in [3.8, 4) is 0 Å². The van der Waals surface area contributed by atoms with Crippen LogP contribution in [0.2, 0.25) is 0 Å². The van der Waals surface area contributed by atoms with Crippen LogP contribution in [0.3, 0.4) is 0 Å². The van der Waals surface area contributed by atoms with Gasteiger partial charge in [-0.2, -0.15) is 11.3 Å². The van der Waals surface area contributed by atoms with E-state index in [1.807, 2.05) is 0 Å². The van der Waals surface area contributed by atoms with Crippen molar-refractivity contribution in [2.45, 2.75) is 31.1 Å². The molecule has 0 radical (unpaired) electrons. The van der Waals surface area contributed by atoms with Gasteiger partial charge < -0.3 is 0 Å². The minimum Gasteiger partial charge on any atom is -0.215 e. The first-order valence-corrected chi connectivity index (χ1v) is 8.33. The molecule has 1 heterocycles.